The van der Waals surface area contributed by atoms with E-state index < -0.39 is 5.54 Å². The van der Waals surface area contributed by atoms with Gasteiger partial charge in [0, 0.05) is 0 Å². The molecule has 0 aliphatic heterocycles. The maximum atomic E-state index is 11.8. The van der Waals surface area contributed by atoms with Crippen LogP contribution in [0.4, 0.5) is 5.69 Å². The Morgan fingerprint density at radius 2 is 2.18 bits per heavy atom. The van der Waals surface area contributed by atoms with E-state index in [4.69, 9.17) is 10.5 Å². The van der Waals surface area contributed by atoms with Gasteiger partial charge in [-0.2, -0.15) is 0 Å². The van der Waals surface area contributed by atoms with Crippen LogP contribution in [-0.2, 0) is 4.79 Å². The van der Waals surface area contributed by atoms with Gasteiger partial charge in [-0.25, -0.2) is 0 Å². The molecule has 0 bridgehead atoms. The van der Waals surface area contributed by atoms with Crippen LogP contribution in [0.15, 0.2) is 24.3 Å². The molecule has 2 rings (SSSR count). The summed E-state index contributed by atoms with van der Waals surface area (Å²) in [5, 5.41) is 2.83. The number of rotatable bonds is 5. The van der Waals surface area contributed by atoms with Gasteiger partial charge in [0.1, 0.15) is 5.75 Å². The summed E-state index contributed by atoms with van der Waals surface area (Å²) in [5.41, 5.74) is 5.88. The number of anilines is 1. The monoisotopic (exact) mass is 234 g/mol. The van der Waals surface area contributed by atoms with E-state index in [0.717, 1.165) is 19.3 Å². The predicted molar refractivity (Wildman–Crippen MR) is 67.0 cm³/mol. The van der Waals surface area contributed by atoms with Crippen LogP contribution in [0.5, 0.6) is 5.75 Å². The number of hydrogen-bond donors (Lipinski definition) is 2. The Labute approximate surface area is 101 Å². The number of nitrogens with two attached hydrogens (primary N) is 1. The fourth-order valence-corrected chi connectivity index (χ4v) is 1.52. The molecular formula is C13H18N2O2. The molecule has 92 valence electrons. The van der Waals surface area contributed by atoms with Crippen LogP contribution >= 0.6 is 0 Å². The summed E-state index contributed by atoms with van der Waals surface area (Å²) < 4.78 is 5.56. The Morgan fingerprint density at radius 1 is 1.47 bits per heavy atom. The first kappa shape index (κ1) is 11.9. The summed E-state index contributed by atoms with van der Waals surface area (Å²) in [6.07, 6.45) is 2.46. The topological polar surface area (TPSA) is 64.3 Å². The van der Waals surface area contributed by atoms with E-state index in [1.54, 1.807) is 0 Å². The third-order valence-corrected chi connectivity index (χ3v) is 2.84. The molecule has 17 heavy (non-hydrogen) atoms. The van der Waals surface area contributed by atoms with Crippen LogP contribution in [0.2, 0.25) is 0 Å². The molecule has 1 aromatic rings. The molecule has 3 N–H and O–H groups in total. The Morgan fingerprint density at radius 3 is 2.82 bits per heavy atom. The van der Waals surface area contributed by atoms with E-state index in [9.17, 15) is 4.79 Å². The quantitative estimate of drug-likeness (QED) is 0.818. The molecule has 0 unspecified atom stereocenters. The maximum Gasteiger partial charge on any atom is 0.244 e. The van der Waals surface area contributed by atoms with E-state index in [1.165, 1.54) is 0 Å². The molecule has 0 heterocycles. The van der Waals surface area contributed by atoms with Crippen molar-refractivity contribution in [2.75, 3.05) is 11.9 Å². The molecular weight excluding hydrogens is 216 g/mol. The van der Waals surface area contributed by atoms with Gasteiger partial charge in [-0.1, -0.05) is 19.1 Å². The molecule has 1 amide bonds. The van der Waals surface area contributed by atoms with E-state index in [0.29, 0.717) is 18.0 Å². The minimum atomic E-state index is -0.655. The number of para-hydroxylation sites is 2. The Balaban J connectivity index is 2.06. The minimum Gasteiger partial charge on any atom is -0.491 e. The first-order valence-corrected chi connectivity index (χ1v) is 5.98. The molecule has 1 fully saturated rings. The normalized spacial score (nSPS) is 16.4. The zero-order chi connectivity index (χ0) is 12.3. The number of carbonyl (C=O) groups is 1. The third kappa shape index (κ3) is 2.77. The van der Waals surface area contributed by atoms with Crippen molar-refractivity contribution in [3.05, 3.63) is 24.3 Å². The van der Waals surface area contributed by atoms with E-state index >= 15 is 0 Å². The Kier molecular flexibility index (Phi) is 3.33. The summed E-state index contributed by atoms with van der Waals surface area (Å²) >= 11 is 0. The second-order valence-corrected chi connectivity index (χ2v) is 4.45. The van der Waals surface area contributed by atoms with Crippen molar-refractivity contribution in [2.45, 2.75) is 31.7 Å². The average molecular weight is 234 g/mol. The fraction of sp³-hybridized carbons (Fsp3) is 0.462. The smallest absolute Gasteiger partial charge is 0.244 e. The fourth-order valence-electron chi connectivity index (χ4n) is 1.52. The van der Waals surface area contributed by atoms with Crippen molar-refractivity contribution in [1.29, 1.82) is 0 Å². The first-order valence-electron chi connectivity index (χ1n) is 5.98. The average Bonchev–Trinajstić information content (AvgIpc) is 3.08. The second kappa shape index (κ2) is 4.75. The van der Waals surface area contributed by atoms with Gasteiger partial charge < -0.3 is 15.8 Å². The predicted octanol–water partition coefficient (Wildman–Crippen LogP) is 1.91. The van der Waals surface area contributed by atoms with Crippen LogP contribution in [-0.4, -0.2) is 18.1 Å². The van der Waals surface area contributed by atoms with Crippen LogP contribution in [0, 0.1) is 0 Å². The van der Waals surface area contributed by atoms with Crippen molar-refractivity contribution in [1.82, 2.24) is 0 Å². The lowest BCUT2D eigenvalue weighted by atomic mass is 10.2. The van der Waals surface area contributed by atoms with Crippen LogP contribution < -0.4 is 15.8 Å². The molecule has 0 atom stereocenters. The van der Waals surface area contributed by atoms with Crippen LogP contribution in [0.3, 0.4) is 0 Å². The largest absolute Gasteiger partial charge is 0.491 e. The highest BCUT2D eigenvalue weighted by Gasteiger charge is 2.46. The number of benzene rings is 1. The third-order valence-electron chi connectivity index (χ3n) is 2.84. The van der Waals surface area contributed by atoms with E-state index in [2.05, 4.69) is 5.32 Å². The number of amides is 1. The molecule has 4 heteroatoms. The van der Waals surface area contributed by atoms with E-state index in [1.807, 2.05) is 31.2 Å². The summed E-state index contributed by atoms with van der Waals surface area (Å²) in [6, 6.07) is 7.43. The van der Waals surface area contributed by atoms with Gasteiger partial charge in [-0.05, 0) is 31.4 Å². The van der Waals surface area contributed by atoms with Gasteiger partial charge in [0.2, 0.25) is 5.91 Å². The lowest BCUT2D eigenvalue weighted by molar-refractivity contribution is -0.118. The number of nitrogens with one attached hydrogen (secondary N) is 1. The van der Waals surface area contributed by atoms with Gasteiger partial charge in [0.15, 0.2) is 0 Å². The summed E-state index contributed by atoms with van der Waals surface area (Å²) in [6.45, 7) is 2.68. The standard InChI is InChI=1S/C13H18N2O2/c1-2-9-17-11-6-4-3-5-10(11)15-12(16)13(14)7-8-13/h3-6H,2,7-9,14H2,1H3,(H,15,16). The summed E-state index contributed by atoms with van der Waals surface area (Å²) in [4.78, 5) is 11.8. The molecule has 1 aliphatic carbocycles. The Bertz CT molecular complexity index is 414. The van der Waals surface area contributed by atoms with Crippen molar-refractivity contribution >= 4 is 11.6 Å². The zero-order valence-corrected chi connectivity index (χ0v) is 10.0. The first-order chi connectivity index (χ1) is 8.15. The number of carbonyl (C=O) groups excluding carboxylic acids is 1. The van der Waals surface area contributed by atoms with Gasteiger partial charge in [0.05, 0.1) is 17.8 Å². The van der Waals surface area contributed by atoms with Crippen molar-refractivity contribution in [3.8, 4) is 5.75 Å². The molecule has 1 aromatic carbocycles. The molecule has 1 aliphatic rings. The van der Waals surface area contributed by atoms with Crippen LogP contribution in [0.1, 0.15) is 26.2 Å². The SMILES string of the molecule is CCCOc1ccccc1NC(=O)C1(N)CC1. The zero-order valence-electron chi connectivity index (χ0n) is 10.0. The van der Waals surface area contributed by atoms with Gasteiger partial charge in [-0.15, -0.1) is 0 Å². The van der Waals surface area contributed by atoms with Gasteiger partial charge in [0.25, 0.3) is 0 Å². The lowest BCUT2D eigenvalue weighted by Crippen LogP contribution is -2.37. The molecule has 0 saturated heterocycles. The van der Waals surface area contributed by atoms with Gasteiger partial charge >= 0.3 is 0 Å². The summed E-state index contributed by atoms with van der Waals surface area (Å²) in [5.74, 6) is 0.581. The molecule has 0 radical (unpaired) electrons. The highest BCUT2D eigenvalue weighted by molar-refractivity contribution is 6.00. The number of hydrogen-bond acceptors (Lipinski definition) is 3. The summed E-state index contributed by atoms with van der Waals surface area (Å²) in [7, 11) is 0. The van der Waals surface area contributed by atoms with Crippen molar-refractivity contribution < 1.29 is 9.53 Å². The molecule has 0 aromatic heterocycles. The van der Waals surface area contributed by atoms with Crippen molar-refractivity contribution in [2.24, 2.45) is 5.73 Å². The molecule has 4 nitrogen and oxygen atoms in total. The number of ether oxygens (including phenoxy) is 1. The highest BCUT2D eigenvalue weighted by atomic mass is 16.5. The second-order valence-electron chi connectivity index (χ2n) is 4.45. The molecule has 1 saturated carbocycles. The maximum absolute atomic E-state index is 11.8. The van der Waals surface area contributed by atoms with Crippen molar-refractivity contribution in [3.63, 3.8) is 0 Å². The lowest BCUT2D eigenvalue weighted by Gasteiger charge is -2.14. The van der Waals surface area contributed by atoms with Crippen LogP contribution in [0.25, 0.3) is 0 Å². The van der Waals surface area contributed by atoms with Gasteiger partial charge in [-0.3, -0.25) is 4.79 Å². The molecule has 0 spiro atoms. The highest BCUT2D eigenvalue weighted by Crippen LogP contribution is 2.34. The Hall–Kier alpha value is -1.55. The van der Waals surface area contributed by atoms with E-state index in [-0.39, 0.29) is 5.91 Å². The minimum absolute atomic E-state index is 0.120.